The van der Waals surface area contributed by atoms with Crippen LogP contribution in [-0.4, -0.2) is 31.0 Å². The fourth-order valence-electron chi connectivity index (χ4n) is 1.96. The molecule has 1 heterocycles. The first-order valence-corrected chi connectivity index (χ1v) is 7.28. The summed E-state index contributed by atoms with van der Waals surface area (Å²) in [6, 6.07) is 5.07. The zero-order valence-electron chi connectivity index (χ0n) is 12.4. The lowest BCUT2D eigenvalue weighted by Gasteiger charge is -2.29. The van der Waals surface area contributed by atoms with E-state index >= 15 is 0 Å². The molecule has 0 saturated heterocycles. The molecule has 0 aliphatic carbocycles. The van der Waals surface area contributed by atoms with E-state index in [4.69, 9.17) is 16.3 Å². The summed E-state index contributed by atoms with van der Waals surface area (Å²) in [4.78, 5) is 25.5. The van der Waals surface area contributed by atoms with Gasteiger partial charge >= 0.3 is 0 Å². The SMILES string of the molecule is CC(C)C(C)NC(=O)CN1C(=O)COc2ccc(Cl)cc21. The maximum atomic E-state index is 12.1. The Kier molecular flexibility index (Phi) is 4.73. The molecule has 1 aromatic carbocycles. The summed E-state index contributed by atoms with van der Waals surface area (Å²) >= 11 is 5.96. The van der Waals surface area contributed by atoms with Gasteiger partial charge in [-0.15, -0.1) is 0 Å². The maximum Gasteiger partial charge on any atom is 0.265 e. The van der Waals surface area contributed by atoms with E-state index in [1.807, 2.05) is 20.8 Å². The highest BCUT2D eigenvalue weighted by Crippen LogP contribution is 2.34. The summed E-state index contributed by atoms with van der Waals surface area (Å²) in [5.41, 5.74) is 0.533. The fraction of sp³-hybridized carbons (Fsp3) is 0.467. The number of nitrogens with zero attached hydrogens (tertiary/aromatic N) is 1. The number of hydrogen-bond donors (Lipinski definition) is 1. The Balaban J connectivity index is 2.14. The molecule has 0 radical (unpaired) electrons. The Bertz CT molecular complexity index is 560. The number of rotatable bonds is 4. The molecular weight excluding hydrogens is 292 g/mol. The summed E-state index contributed by atoms with van der Waals surface area (Å²) in [6.07, 6.45) is 0. The van der Waals surface area contributed by atoms with Gasteiger partial charge in [0.25, 0.3) is 5.91 Å². The van der Waals surface area contributed by atoms with Gasteiger partial charge in [0.05, 0.1) is 5.69 Å². The van der Waals surface area contributed by atoms with Crippen LogP contribution < -0.4 is 15.0 Å². The van der Waals surface area contributed by atoms with E-state index in [-0.39, 0.29) is 31.0 Å². The average molecular weight is 311 g/mol. The van der Waals surface area contributed by atoms with Crippen molar-refractivity contribution in [2.45, 2.75) is 26.8 Å². The van der Waals surface area contributed by atoms with Gasteiger partial charge in [-0.3, -0.25) is 14.5 Å². The van der Waals surface area contributed by atoms with Gasteiger partial charge in [0.15, 0.2) is 6.61 Å². The van der Waals surface area contributed by atoms with Crippen molar-refractivity contribution < 1.29 is 14.3 Å². The molecular formula is C15H19ClN2O3. The second-order valence-corrected chi connectivity index (χ2v) is 5.92. The van der Waals surface area contributed by atoms with Gasteiger partial charge in [0.1, 0.15) is 12.3 Å². The van der Waals surface area contributed by atoms with Crippen LogP contribution in [-0.2, 0) is 9.59 Å². The number of amides is 2. The summed E-state index contributed by atoms with van der Waals surface area (Å²) < 4.78 is 5.34. The molecule has 2 amide bonds. The third kappa shape index (κ3) is 3.67. The Morgan fingerprint density at radius 3 is 2.81 bits per heavy atom. The highest BCUT2D eigenvalue weighted by atomic mass is 35.5. The lowest BCUT2D eigenvalue weighted by Crippen LogP contribution is -2.47. The summed E-state index contributed by atoms with van der Waals surface area (Å²) in [5.74, 6) is 0.439. The van der Waals surface area contributed by atoms with Gasteiger partial charge < -0.3 is 10.1 Å². The predicted molar refractivity (Wildman–Crippen MR) is 81.7 cm³/mol. The summed E-state index contributed by atoms with van der Waals surface area (Å²) in [6.45, 7) is 5.89. The predicted octanol–water partition coefficient (Wildman–Crippen LogP) is 2.23. The minimum atomic E-state index is -0.253. The quantitative estimate of drug-likeness (QED) is 0.927. The van der Waals surface area contributed by atoms with Gasteiger partial charge in [-0.2, -0.15) is 0 Å². The fourth-order valence-corrected chi connectivity index (χ4v) is 2.12. The van der Waals surface area contributed by atoms with E-state index in [0.29, 0.717) is 22.4 Å². The van der Waals surface area contributed by atoms with Crippen LogP contribution in [0.3, 0.4) is 0 Å². The van der Waals surface area contributed by atoms with E-state index < -0.39 is 0 Å². The molecule has 6 heteroatoms. The monoisotopic (exact) mass is 310 g/mol. The number of nitrogens with one attached hydrogen (secondary N) is 1. The molecule has 1 aliphatic rings. The second-order valence-electron chi connectivity index (χ2n) is 5.48. The number of benzene rings is 1. The van der Waals surface area contributed by atoms with E-state index in [1.54, 1.807) is 18.2 Å². The molecule has 21 heavy (non-hydrogen) atoms. The molecule has 0 bridgehead atoms. The standard InChI is InChI=1S/C15H19ClN2O3/c1-9(2)10(3)17-14(19)7-18-12-6-11(16)4-5-13(12)21-8-15(18)20/h4-6,9-10H,7-8H2,1-3H3,(H,17,19). The number of hydrogen-bond acceptors (Lipinski definition) is 3. The number of anilines is 1. The first kappa shape index (κ1) is 15.6. The number of ether oxygens (including phenoxy) is 1. The van der Waals surface area contributed by atoms with Crippen molar-refractivity contribution in [1.29, 1.82) is 0 Å². The lowest BCUT2D eigenvalue weighted by atomic mass is 10.1. The second kappa shape index (κ2) is 6.35. The number of fused-ring (bicyclic) bond motifs is 1. The lowest BCUT2D eigenvalue weighted by molar-refractivity contribution is -0.125. The van der Waals surface area contributed by atoms with Crippen LogP contribution in [0.1, 0.15) is 20.8 Å². The van der Waals surface area contributed by atoms with E-state index in [0.717, 1.165) is 0 Å². The summed E-state index contributed by atoms with van der Waals surface area (Å²) in [5, 5.41) is 3.38. The highest BCUT2D eigenvalue weighted by molar-refractivity contribution is 6.31. The van der Waals surface area contributed by atoms with Crippen LogP contribution in [0.25, 0.3) is 0 Å². The van der Waals surface area contributed by atoms with E-state index in [1.165, 1.54) is 4.90 Å². The minimum absolute atomic E-state index is 0.0351. The zero-order valence-corrected chi connectivity index (χ0v) is 13.1. The average Bonchev–Trinajstić information content (AvgIpc) is 2.42. The van der Waals surface area contributed by atoms with E-state index in [9.17, 15) is 9.59 Å². The van der Waals surface area contributed by atoms with Crippen molar-refractivity contribution in [2.24, 2.45) is 5.92 Å². The molecule has 2 rings (SSSR count). The minimum Gasteiger partial charge on any atom is -0.482 e. The van der Waals surface area contributed by atoms with Crippen molar-refractivity contribution in [3.63, 3.8) is 0 Å². The van der Waals surface area contributed by atoms with Crippen LogP contribution >= 0.6 is 11.6 Å². The van der Waals surface area contributed by atoms with Gasteiger partial charge in [0, 0.05) is 11.1 Å². The molecule has 1 N–H and O–H groups in total. The van der Waals surface area contributed by atoms with Crippen LogP contribution in [0.2, 0.25) is 5.02 Å². The number of carbonyl (C=O) groups excluding carboxylic acids is 2. The van der Waals surface area contributed by atoms with Crippen molar-refractivity contribution in [3.05, 3.63) is 23.2 Å². The Morgan fingerprint density at radius 2 is 2.14 bits per heavy atom. The molecule has 1 aromatic rings. The Labute approximate surface area is 129 Å². The van der Waals surface area contributed by atoms with Gasteiger partial charge in [-0.1, -0.05) is 25.4 Å². The molecule has 1 unspecified atom stereocenters. The van der Waals surface area contributed by atoms with Crippen molar-refractivity contribution in [1.82, 2.24) is 5.32 Å². The number of halogens is 1. The van der Waals surface area contributed by atoms with E-state index in [2.05, 4.69) is 5.32 Å². The first-order valence-electron chi connectivity index (χ1n) is 6.90. The molecule has 1 atom stereocenters. The van der Waals surface area contributed by atoms with Gasteiger partial charge in [0.2, 0.25) is 5.91 Å². The van der Waals surface area contributed by atoms with Gasteiger partial charge in [-0.25, -0.2) is 0 Å². The first-order chi connectivity index (χ1) is 9.88. The third-order valence-corrected chi connectivity index (χ3v) is 3.79. The van der Waals surface area contributed by atoms with Crippen molar-refractivity contribution >= 4 is 29.1 Å². The summed E-state index contributed by atoms with van der Waals surface area (Å²) in [7, 11) is 0. The maximum absolute atomic E-state index is 12.1. The molecule has 1 aliphatic heterocycles. The van der Waals surface area contributed by atoms with Crippen LogP contribution in [0.4, 0.5) is 5.69 Å². The number of carbonyl (C=O) groups is 2. The largest absolute Gasteiger partial charge is 0.482 e. The molecule has 0 saturated carbocycles. The van der Waals surface area contributed by atoms with Gasteiger partial charge in [-0.05, 0) is 31.0 Å². The highest BCUT2D eigenvalue weighted by Gasteiger charge is 2.28. The molecule has 0 fully saturated rings. The van der Waals surface area contributed by atoms with Crippen molar-refractivity contribution in [2.75, 3.05) is 18.1 Å². The Hall–Kier alpha value is -1.75. The normalized spacial score (nSPS) is 15.5. The smallest absolute Gasteiger partial charge is 0.265 e. The molecule has 0 spiro atoms. The molecule has 0 aromatic heterocycles. The Morgan fingerprint density at radius 1 is 1.43 bits per heavy atom. The van der Waals surface area contributed by atoms with Crippen LogP contribution in [0.5, 0.6) is 5.75 Å². The van der Waals surface area contributed by atoms with Crippen LogP contribution in [0.15, 0.2) is 18.2 Å². The topological polar surface area (TPSA) is 58.6 Å². The molecule has 114 valence electrons. The van der Waals surface area contributed by atoms with Crippen molar-refractivity contribution in [3.8, 4) is 5.75 Å². The third-order valence-electron chi connectivity index (χ3n) is 3.55. The molecule has 5 nitrogen and oxygen atoms in total. The zero-order chi connectivity index (χ0) is 15.6. The van der Waals surface area contributed by atoms with Crippen LogP contribution in [0, 0.1) is 5.92 Å².